The number of rotatable bonds is 5. The van der Waals surface area contributed by atoms with Crippen molar-refractivity contribution in [3.05, 3.63) is 211 Å². The fraction of sp³-hybridized carbons (Fsp3) is 0.0526. The highest BCUT2D eigenvalue weighted by molar-refractivity contribution is 6.17. The van der Waals surface area contributed by atoms with Crippen LogP contribution >= 0.6 is 0 Å². The van der Waals surface area contributed by atoms with Crippen LogP contribution in [0.2, 0.25) is 0 Å². The lowest BCUT2D eigenvalue weighted by molar-refractivity contribution is 0.660. The van der Waals surface area contributed by atoms with Gasteiger partial charge in [0.2, 0.25) is 0 Å². The van der Waals surface area contributed by atoms with Gasteiger partial charge in [-0.25, -0.2) is 0 Å². The maximum absolute atomic E-state index is 6.61. The number of nitrogens with zero attached hydrogens (tertiary/aromatic N) is 1. The number of fused-ring (bicyclic) bond motifs is 10. The summed E-state index contributed by atoms with van der Waals surface area (Å²) in [6.45, 7) is 4.71. The second kappa shape index (κ2) is 12.8. The highest BCUT2D eigenvalue weighted by Crippen LogP contribution is 2.55. The van der Waals surface area contributed by atoms with Crippen molar-refractivity contribution in [2.45, 2.75) is 19.3 Å². The maximum Gasteiger partial charge on any atom is 0.136 e. The van der Waals surface area contributed by atoms with Crippen LogP contribution < -0.4 is 4.90 Å². The number of anilines is 3. The van der Waals surface area contributed by atoms with Crippen molar-refractivity contribution >= 4 is 71.3 Å². The van der Waals surface area contributed by atoms with E-state index in [0.29, 0.717) is 0 Å². The Kier molecular flexibility index (Phi) is 7.31. The molecule has 10 aromatic carbocycles. The molecule has 0 saturated carbocycles. The first-order valence-electron chi connectivity index (χ1n) is 20.5. The molecular weight excluding hydrogens is 715 g/mol. The highest BCUT2D eigenvalue weighted by Gasteiger charge is 2.38. The number of para-hydroxylation sites is 1. The lowest BCUT2D eigenvalue weighted by Crippen LogP contribution is -2.16. The zero-order chi connectivity index (χ0) is 39.2. The van der Waals surface area contributed by atoms with Crippen molar-refractivity contribution < 1.29 is 4.42 Å². The summed E-state index contributed by atoms with van der Waals surface area (Å²) in [7, 11) is 0. The maximum atomic E-state index is 6.61. The van der Waals surface area contributed by atoms with Gasteiger partial charge in [0, 0.05) is 33.0 Å². The molecule has 0 spiro atoms. The highest BCUT2D eigenvalue weighted by atomic mass is 16.3. The molecule has 1 aliphatic rings. The molecule has 11 aromatic rings. The first-order valence-corrected chi connectivity index (χ1v) is 20.5. The lowest BCUT2D eigenvalue weighted by atomic mass is 9.82. The molecule has 0 aliphatic heterocycles. The fourth-order valence-corrected chi connectivity index (χ4v) is 10.0. The molecule has 1 heterocycles. The van der Waals surface area contributed by atoms with E-state index >= 15 is 0 Å². The van der Waals surface area contributed by atoms with Crippen molar-refractivity contribution in [1.29, 1.82) is 0 Å². The molecule has 59 heavy (non-hydrogen) atoms. The Hall–Kier alpha value is -7.42. The van der Waals surface area contributed by atoms with Gasteiger partial charge >= 0.3 is 0 Å². The van der Waals surface area contributed by atoms with Gasteiger partial charge in [-0.2, -0.15) is 0 Å². The molecule has 0 amide bonds. The van der Waals surface area contributed by atoms with Crippen molar-refractivity contribution in [1.82, 2.24) is 0 Å². The molecule has 0 bridgehead atoms. The molecule has 0 radical (unpaired) electrons. The Bertz CT molecular complexity index is 3480. The van der Waals surface area contributed by atoms with Gasteiger partial charge in [-0.05, 0) is 108 Å². The van der Waals surface area contributed by atoms with E-state index in [1.54, 1.807) is 0 Å². The summed E-state index contributed by atoms with van der Waals surface area (Å²) in [5.74, 6) is 0. The molecule has 278 valence electrons. The van der Waals surface area contributed by atoms with Gasteiger partial charge in [-0.3, -0.25) is 0 Å². The van der Waals surface area contributed by atoms with Crippen LogP contribution in [0.3, 0.4) is 0 Å². The van der Waals surface area contributed by atoms with Gasteiger partial charge in [0.25, 0.3) is 0 Å². The van der Waals surface area contributed by atoms with Crippen molar-refractivity contribution in [2.24, 2.45) is 0 Å². The topological polar surface area (TPSA) is 16.4 Å². The summed E-state index contributed by atoms with van der Waals surface area (Å²) >= 11 is 0. The summed E-state index contributed by atoms with van der Waals surface area (Å²) in [6, 6.07) is 73.2. The molecular formula is C57H39NO. The monoisotopic (exact) mass is 753 g/mol. The van der Waals surface area contributed by atoms with E-state index in [2.05, 4.69) is 219 Å². The zero-order valence-electron chi connectivity index (χ0n) is 32.9. The van der Waals surface area contributed by atoms with E-state index in [-0.39, 0.29) is 5.41 Å². The summed E-state index contributed by atoms with van der Waals surface area (Å²) in [6.07, 6.45) is 0. The number of benzene rings is 10. The summed E-state index contributed by atoms with van der Waals surface area (Å²) in [5.41, 5.74) is 15.0. The first kappa shape index (κ1) is 33.7. The summed E-state index contributed by atoms with van der Waals surface area (Å²) in [4.78, 5) is 2.49. The smallest absolute Gasteiger partial charge is 0.136 e. The fourth-order valence-electron chi connectivity index (χ4n) is 10.0. The molecule has 2 nitrogen and oxygen atoms in total. The van der Waals surface area contributed by atoms with Crippen LogP contribution in [-0.2, 0) is 5.41 Å². The minimum absolute atomic E-state index is 0.139. The predicted octanol–water partition coefficient (Wildman–Crippen LogP) is 16.2. The average molecular weight is 754 g/mol. The Morgan fingerprint density at radius 3 is 1.88 bits per heavy atom. The minimum Gasteiger partial charge on any atom is -0.456 e. The van der Waals surface area contributed by atoms with Crippen LogP contribution in [0.25, 0.3) is 87.6 Å². The summed E-state index contributed by atoms with van der Waals surface area (Å²) < 4.78 is 6.61. The molecule has 2 heteroatoms. The van der Waals surface area contributed by atoms with Crippen LogP contribution in [0.4, 0.5) is 17.1 Å². The van der Waals surface area contributed by atoms with Gasteiger partial charge in [0.1, 0.15) is 11.2 Å². The first-order chi connectivity index (χ1) is 29.0. The molecule has 0 N–H and O–H groups in total. The third kappa shape index (κ3) is 5.06. The van der Waals surface area contributed by atoms with Gasteiger partial charge in [-0.15, -0.1) is 0 Å². The van der Waals surface area contributed by atoms with Crippen LogP contribution in [0.15, 0.2) is 205 Å². The molecule has 12 rings (SSSR count). The number of hydrogen-bond donors (Lipinski definition) is 0. The Labute approximate surface area is 343 Å². The van der Waals surface area contributed by atoms with E-state index < -0.39 is 0 Å². The number of hydrogen-bond acceptors (Lipinski definition) is 2. The van der Waals surface area contributed by atoms with Gasteiger partial charge < -0.3 is 9.32 Å². The minimum atomic E-state index is -0.139. The SMILES string of the molecule is CC1(C)c2ccccc2-c2c(N(c3ccc(-c4cccc5c4ccc4ccccc45)cc3)c3ccccc3-c3cccc4oc5cc6ccccc6cc5c34)cccc21. The standard InChI is InChI=1S/C57H39NO/c1-57(2)49-23-9-7-19-47(49)56-50(57)24-13-26-52(56)58(40-31-28-37(29-32-40)42-20-11-21-43-41-17-6-5-14-36(41)30-33-44(42)43)51-25-10-8-18-45(51)46-22-12-27-53-55(46)48-34-38-15-3-4-16-39(38)35-54(48)59-53/h3-35H,1-2H3. The van der Waals surface area contributed by atoms with E-state index in [1.165, 1.54) is 65.7 Å². The van der Waals surface area contributed by atoms with Gasteiger partial charge in [0.05, 0.1) is 11.4 Å². The predicted molar refractivity (Wildman–Crippen MR) is 249 cm³/mol. The Balaban J connectivity index is 1.09. The number of furan rings is 1. The quantitative estimate of drug-likeness (QED) is 0.163. The van der Waals surface area contributed by atoms with Crippen LogP contribution in [-0.4, -0.2) is 0 Å². The molecule has 0 fully saturated rings. The van der Waals surface area contributed by atoms with Gasteiger partial charge in [0.15, 0.2) is 0 Å². The Morgan fingerprint density at radius 2 is 1.02 bits per heavy atom. The second-order valence-corrected chi connectivity index (χ2v) is 16.4. The molecule has 0 unspecified atom stereocenters. The van der Waals surface area contributed by atoms with Gasteiger partial charge in [-0.1, -0.05) is 172 Å². The third-order valence-electron chi connectivity index (χ3n) is 12.8. The van der Waals surface area contributed by atoms with E-state index in [0.717, 1.165) is 50.1 Å². The third-order valence-corrected chi connectivity index (χ3v) is 12.8. The molecule has 0 atom stereocenters. The van der Waals surface area contributed by atoms with Crippen molar-refractivity contribution in [2.75, 3.05) is 4.90 Å². The zero-order valence-corrected chi connectivity index (χ0v) is 32.9. The Morgan fingerprint density at radius 1 is 0.390 bits per heavy atom. The van der Waals surface area contributed by atoms with E-state index in [1.807, 2.05) is 0 Å². The normalized spacial score (nSPS) is 13.1. The lowest BCUT2D eigenvalue weighted by Gasteiger charge is -2.31. The molecule has 1 aliphatic carbocycles. The average Bonchev–Trinajstić information content (AvgIpc) is 3.77. The van der Waals surface area contributed by atoms with Crippen LogP contribution in [0, 0.1) is 0 Å². The van der Waals surface area contributed by atoms with Crippen LogP contribution in [0.1, 0.15) is 25.0 Å². The van der Waals surface area contributed by atoms with Crippen LogP contribution in [0.5, 0.6) is 0 Å². The van der Waals surface area contributed by atoms with E-state index in [9.17, 15) is 0 Å². The second-order valence-electron chi connectivity index (χ2n) is 16.4. The van der Waals surface area contributed by atoms with Crippen molar-refractivity contribution in [3.8, 4) is 33.4 Å². The largest absolute Gasteiger partial charge is 0.456 e. The van der Waals surface area contributed by atoms with E-state index in [4.69, 9.17) is 4.42 Å². The summed E-state index contributed by atoms with van der Waals surface area (Å²) in [5, 5.41) is 9.70. The molecule has 1 aromatic heterocycles. The molecule has 0 saturated heterocycles. The van der Waals surface area contributed by atoms with Crippen molar-refractivity contribution in [3.63, 3.8) is 0 Å².